The molecule has 0 aliphatic carbocycles. The van der Waals surface area contributed by atoms with Gasteiger partial charge in [0.25, 0.3) is 0 Å². The van der Waals surface area contributed by atoms with Gasteiger partial charge in [0.15, 0.2) is 0 Å². The molecule has 0 unspecified atom stereocenters. The molecule has 2 heteroatoms. The van der Waals surface area contributed by atoms with Gasteiger partial charge in [-0.05, 0) is 93.7 Å². The van der Waals surface area contributed by atoms with Crippen molar-refractivity contribution in [3.63, 3.8) is 0 Å². The summed E-state index contributed by atoms with van der Waals surface area (Å²) in [5.74, 6) is 0. The minimum atomic E-state index is 1.09. The Morgan fingerprint density at radius 1 is 0.250 bits per heavy atom. The molecule has 0 aromatic heterocycles. The van der Waals surface area contributed by atoms with Crippen molar-refractivity contribution in [2.24, 2.45) is 0 Å². The first-order valence-electron chi connectivity index (χ1n) is 17.8. The van der Waals surface area contributed by atoms with Gasteiger partial charge in [0, 0.05) is 33.5 Å². The smallest absolute Gasteiger partial charge is 0.0540 e. The molecule has 0 atom stereocenters. The van der Waals surface area contributed by atoms with Crippen LogP contribution >= 0.6 is 0 Å². The first-order chi connectivity index (χ1) is 25.8. The van der Waals surface area contributed by atoms with Crippen LogP contribution in [0.25, 0.3) is 43.8 Å². The lowest BCUT2D eigenvalue weighted by molar-refractivity contribution is 1.29. The fourth-order valence-corrected chi connectivity index (χ4v) is 7.41. The molecule has 0 aliphatic rings. The lowest BCUT2D eigenvalue weighted by atomic mass is 9.93. The van der Waals surface area contributed by atoms with Crippen molar-refractivity contribution in [1.29, 1.82) is 0 Å². The van der Waals surface area contributed by atoms with Gasteiger partial charge in [-0.3, -0.25) is 0 Å². The van der Waals surface area contributed by atoms with Crippen molar-refractivity contribution in [3.05, 3.63) is 218 Å². The number of nitrogens with zero attached hydrogens (tertiary/aromatic N) is 2. The number of para-hydroxylation sites is 2. The SMILES string of the molecule is c1ccc(-c2ccc(N(c3ccccc3)c3cccc4ccccc34)cc2-c2cccc(N(c3ccccc3)c3cccc4ccccc34)c2)cc1. The average molecular weight is 665 g/mol. The third-order valence-electron chi connectivity index (χ3n) is 9.81. The number of anilines is 6. The molecule has 246 valence electrons. The van der Waals surface area contributed by atoms with Gasteiger partial charge in [0.2, 0.25) is 0 Å². The zero-order chi connectivity index (χ0) is 34.7. The molecular formula is C50H36N2. The zero-order valence-electron chi connectivity index (χ0n) is 28.7. The van der Waals surface area contributed by atoms with Crippen LogP contribution in [0.1, 0.15) is 0 Å². The van der Waals surface area contributed by atoms with Gasteiger partial charge in [-0.15, -0.1) is 0 Å². The first kappa shape index (κ1) is 31.1. The fraction of sp³-hybridized carbons (Fsp3) is 0. The standard InChI is InChI=1S/C50H36N2/c1-4-17-37(18-5-1)45-34-33-44(52(42-26-8-3-9-27-42)50-32-16-22-39-20-11-13-30-47(39)50)36-48(45)40-23-14-28-43(35-40)51(41-24-6-2-7-25-41)49-31-15-21-38-19-10-12-29-46(38)49/h1-36H. The Morgan fingerprint density at radius 3 is 1.25 bits per heavy atom. The Labute approximate surface area is 305 Å². The summed E-state index contributed by atoms with van der Waals surface area (Å²) >= 11 is 0. The molecule has 0 amide bonds. The summed E-state index contributed by atoms with van der Waals surface area (Å²) in [7, 11) is 0. The van der Waals surface area contributed by atoms with Crippen molar-refractivity contribution in [2.75, 3.05) is 9.80 Å². The van der Waals surface area contributed by atoms with Gasteiger partial charge >= 0.3 is 0 Å². The summed E-state index contributed by atoms with van der Waals surface area (Å²) in [6.07, 6.45) is 0. The van der Waals surface area contributed by atoms with E-state index in [-0.39, 0.29) is 0 Å². The van der Waals surface area contributed by atoms with Gasteiger partial charge in [0.05, 0.1) is 11.4 Å². The molecule has 0 saturated carbocycles. The van der Waals surface area contributed by atoms with Crippen molar-refractivity contribution in [3.8, 4) is 22.3 Å². The van der Waals surface area contributed by atoms with E-state index >= 15 is 0 Å². The van der Waals surface area contributed by atoms with Gasteiger partial charge in [-0.1, -0.05) is 158 Å². The fourth-order valence-electron chi connectivity index (χ4n) is 7.41. The summed E-state index contributed by atoms with van der Waals surface area (Å²) in [5, 5.41) is 4.84. The number of benzene rings is 9. The minimum Gasteiger partial charge on any atom is -0.310 e. The van der Waals surface area contributed by atoms with Gasteiger partial charge in [0.1, 0.15) is 0 Å². The molecule has 0 radical (unpaired) electrons. The summed E-state index contributed by atoms with van der Waals surface area (Å²) in [6, 6.07) is 78.4. The lowest BCUT2D eigenvalue weighted by Crippen LogP contribution is -2.11. The van der Waals surface area contributed by atoms with Crippen LogP contribution in [0.2, 0.25) is 0 Å². The van der Waals surface area contributed by atoms with Crippen LogP contribution in [0.3, 0.4) is 0 Å². The molecule has 52 heavy (non-hydrogen) atoms. The van der Waals surface area contributed by atoms with Crippen molar-refractivity contribution in [1.82, 2.24) is 0 Å². The molecule has 0 fully saturated rings. The molecule has 2 nitrogen and oxygen atoms in total. The highest BCUT2D eigenvalue weighted by Gasteiger charge is 2.20. The highest BCUT2D eigenvalue weighted by atomic mass is 15.1. The molecule has 0 saturated heterocycles. The second-order valence-corrected chi connectivity index (χ2v) is 13.0. The predicted octanol–water partition coefficient (Wildman–Crippen LogP) is 14.3. The summed E-state index contributed by atoms with van der Waals surface area (Å²) in [5.41, 5.74) is 11.4. The zero-order valence-corrected chi connectivity index (χ0v) is 28.7. The molecule has 0 heterocycles. The number of hydrogen-bond donors (Lipinski definition) is 0. The second-order valence-electron chi connectivity index (χ2n) is 13.0. The molecule has 9 aromatic carbocycles. The summed E-state index contributed by atoms with van der Waals surface area (Å²) in [4.78, 5) is 4.76. The van der Waals surface area contributed by atoms with Gasteiger partial charge in [-0.25, -0.2) is 0 Å². The largest absolute Gasteiger partial charge is 0.310 e. The third kappa shape index (κ3) is 5.87. The number of rotatable bonds is 8. The normalized spacial score (nSPS) is 11.1. The van der Waals surface area contributed by atoms with Crippen LogP contribution in [-0.4, -0.2) is 0 Å². The van der Waals surface area contributed by atoms with Crippen LogP contribution in [0, 0.1) is 0 Å². The van der Waals surface area contributed by atoms with E-state index in [9.17, 15) is 0 Å². The highest BCUT2D eigenvalue weighted by molar-refractivity contribution is 6.01. The van der Waals surface area contributed by atoms with E-state index in [0.29, 0.717) is 0 Å². The molecule has 0 spiro atoms. The van der Waals surface area contributed by atoms with E-state index in [2.05, 4.69) is 228 Å². The maximum atomic E-state index is 2.39. The maximum Gasteiger partial charge on any atom is 0.0540 e. The monoisotopic (exact) mass is 664 g/mol. The van der Waals surface area contributed by atoms with Crippen molar-refractivity contribution < 1.29 is 0 Å². The van der Waals surface area contributed by atoms with E-state index in [0.717, 1.165) is 45.3 Å². The predicted molar refractivity (Wildman–Crippen MR) is 222 cm³/mol. The Bertz CT molecular complexity index is 2620. The number of hydrogen-bond acceptors (Lipinski definition) is 2. The Balaban J connectivity index is 1.26. The number of fused-ring (bicyclic) bond motifs is 2. The van der Waals surface area contributed by atoms with E-state index in [1.807, 2.05) is 0 Å². The first-order valence-corrected chi connectivity index (χ1v) is 17.8. The maximum absolute atomic E-state index is 2.39. The minimum absolute atomic E-state index is 1.09. The molecule has 0 N–H and O–H groups in total. The molecule has 0 bridgehead atoms. The van der Waals surface area contributed by atoms with E-state index < -0.39 is 0 Å². The third-order valence-corrected chi connectivity index (χ3v) is 9.81. The van der Waals surface area contributed by atoms with Crippen LogP contribution in [-0.2, 0) is 0 Å². The Morgan fingerprint density at radius 2 is 0.673 bits per heavy atom. The summed E-state index contributed by atoms with van der Waals surface area (Å²) in [6.45, 7) is 0. The Hall–Kier alpha value is -6.90. The second kappa shape index (κ2) is 13.8. The quantitative estimate of drug-likeness (QED) is 0.159. The van der Waals surface area contributed by atoms with E-state index in [1.54, 1.807) is 0 Å². The van der Waals surface area contributed by atoms with E-state index in [4.69, 9.17) is 0 Å². The van der Waals surface area contributed by atoms with Crippen LogP contribution in [0.4, 0.5) is 34.1 Å². The van der Waals surface area contributed by atoms with Gasteiger partial charge < -0.3 is 9.80 Å². The molecule has 9 aromatic rings. The van der Waals surface area contributed by atoms with Crippen molar-refractivity contribution in [2.45, 2.75) is 0 Å². The Kier molecular flexibility index (Phi) is 8.24. The summed E-state index contributed by atoms with van der Waals surface area (Å²) < 4.78 is 0. The van der Waals surface area contributed by atoms with E-state index in [1.165, 1.54) is 32.7 Å². The van der Waals surface area contributed by atoms with Crippen molar-refractivity contribution >= 4 is 55.7 Å². The highest BCUT2D eigenvalue weighted by Crippen LogP contribution is 2.45. The van der Waals surface area contributed by atoms with Gasteiger partial charge in [-0.2, -0.15) is 0 Å². The lowest BCUT2D eigenvalue weighted by Gasteiger charge is -2.29. The van der Waals surface area contributed by atoms with Crippen LogP contribution in [0.15, 0.2) is 218 Å². The van der Waals surface area contributed by atoms with Crippen LogP contribution in [0.5, 0.6) is 0 Å². The molecule has 0 aliphatic heterocycles. The topological polar surface area (TPSA) is 6.48 Å². The average Bonchev–Trinajstić information content (AvgIpc) is 3.22. The van der Waals surface area contributed by atoms with Crippen LogP contribution < -0.4 is 9.80 Å². The molecule has 9 rings (SSSR count). The molecular weight excluding hydrogens is 629 g/mol.